The molecule has 0 aromatic rings. The molecule has 0 bridgehead atoms. The summed E-state index contributed by atoms with van der Waals surface area (Å²) in [6, 6.07) is 0. The van der Waals surface area contributed by atoms with Crippen LogP contribution < -0.4 is 16.8 Å². The Labute approximate surface area is 98.4 Å². The highest BCUT2D eigenvalue weighted by Crippen LogP contribution is 2.02. The molecule has 0 saturated carbocycles. The monoisotopic (exact) mass is 227 g/mol. The number of nitrogens with two attached hydrogens (primary N) is 2. The Balaban J connectivity index is 3.81. The molecule has 5 N–H and O–H groups in total. The number of guanidine groups is 2. The molecule has 16 heavy (non-hydrogen) atoms. The van der Waals surface area contributed by atoms with Gasteiger partial charge in [-0.1, -0.05) is 32.6 Å². The second-order valence-electron chi connectivity index (χ2n) is 3.69. The first-order chi connectivity index (χ1) is 7.70. The molecule has 0 aliphatic carbocycles. The van der Waals surface area contributed by atoms with E-state index in [-0.39, 0.29) is 5.96 Å². The first-order valence-electron chi connectivity index (χ1n) is 6.08. The fraction of sp³-hybridized carbons (Fsp3) is 0.818. The van der Waals surface area contributed by atoms with Gasteiger partial charge in [0.2, 0.25) is 5.96 Å². The summed E-state index contributed by atoms with van der Waals surface area (Å²) in [6.45, 7) is 5.74. The Bertz CT molecular complexity index is 218. The summed E-state index contributed by atoms with van der Waals surface area (Å²) in [5.41, 5.74) is 10.6. The van der Waals surface area contributed by atoms with Crippen LogP contribution in [0.3, 0.4) is 0 Å². The van der Waals surface area contributed by atoms with Crippen LogP contribution in [0.5, 0.6) is 0 Å². The lowest BCUT2D eigenvalue weighted by Gasteiger charge is -2.03. The van der Waals surface area contributed by atoms with Crippen LogP contribution >= 0.6 is 0 Å². The van der Waals surface area contributed by atoms with Crippen LogP contribution in [-0.2, 0) is 0 Å². The molecule has 0 saturated heterocycles. The number of nitrogens with zero attached hydrogens (tertiary/aromatic N) is 2. The molecule has 0 heterocycles. The molecule has 0 spiro atoms. The van der Waals surface area contributed by atoms with Crippen molar-refractivity contribution in [1.82, 2.24) is 5.32 Å². The molecule has 5 heteroatoms. The minimum Gasteiger partial charge on any atom is -0.370 e. The molecule has 0 aromatic carbocycles. The molecule has 0 aliphatic heterocycles. The maximum Gasteiger partial charge on any atom is 0.221 e. The van der Waals surface area contributed by atoms with Crippen molar-refractivity contribution in [2.24, 2.45) is 21.5 Å². The van der Waals surface area contributed by atoms with E-state index >= 15 is 0 Å². The number of hydrogen-bond donors (Lipinski definition) is 3. The zero-order valence-corrected chi connectivity index (χ0v) is 10.5. The largest absolute Gasteiger partial charge is 0.370 e. The van der Waals surface area contributed by atoms with Gasteiger partial charge >= 0.3 is 0 Å². The van der Waals surface area contributed by atoms with Crippen LogP contribution in [-0.4, -0.2) is 25.0 Å². The molecule has 0 radical (unpaired) electrons. The highest BCUT2D eigenvalue weighted by Gasteiger charge is 1.94. The summed E-state index contributed by atoms with van der Waals surface area (Å²) in [4.78, 5) is 8.22. The first-order valence-corrected chi connectivity index (χ1v) is 6.08. The standard InChI is InChI=1S/C11H25N5/c1-3-5-6-7-8-9-15-11(14-4-2)16-10(12)13/h3-9H2,1-2H3,(H5,12,13,14,15,16). The SMILES string of the molecule is CCCCCCCN=C(N=C(N)N)NCC. The first kappa shape index (κ1) is 14.7. The average molecular weight is 227 g/mol. The van der Waals surface area contributed by atoms with E-state index in [1.165, 1.54) is 25.7 Å². The van der Waals surface area contributed by atoms with Crippen LogP contribution in [0, 0.1) is 0 Å². The predicted molar refractivity (Wildman–Crippen MR) is 70.5 cm³/mol. The second-order valence-corrected chi connectivity index (χ2v) is 3.69. The van der Waals surface area contributed by atoms with E-state index < -0.39 is 0 Å². The summed E-state index contributed by atoms with van der Waals surface area (Å²) in [5.74, 6) is 0.587. The lowest BCUT2D eigenvalue weighted by atomic mass is 10.2. The van der Waals surface area contributed by atoms with E-state index in [0.29, 0.717) is 5.96 Å². The lowest BCUT2D eigenvalue weighted by molar-refractivity contribution is 0.637. The van der Waals surface area contributed by atoms with Crippen molar-refractivity contribution in [3.05, 3.63) is 0 Å². The third-order valence-electron chi connectivity index (χ3n) is 2.09. The van der Waals surface area contributed by atoms with E-state index in [4.69, 9.17) is 11.5 Å². The van der Waals surface area contributed by atoms with E-state index in [1.807, 2.05) is 6.92 Å². The normalized spacial score (nSPS) is 11.2. The van der Waals surface area contributed by atoms with Crippen LogP contribution in [0.2, 0.25) is 0 Å². The van der Waals surface area contributed by atoms with Crippen molar-refractivity contribution in [2.75, 3.05) is 13.1 Å². The van der Waals surface area contributed by atoms with Crippen molar-refractivity contribution in [3.8, 4) is 0 Å². The summed E-state index contributed by atoms with van der Waals surface area (Å²) in [7, 11) is 0. The van der Waals surface area contributed by atoms with Gasteiger partial charge in [-0.3, -0.25) is 4.99 Å². The molecule has 0 aliphatic rings. The fourth-order valence-electron chi connectivity index (χ4n) is 1.31. The molecule has 0 aromatic heterocycles. The van der Waals surface area contributed by atoms with Gasteiger partial charge in [-0.15, -0.1) is 0 Å². The topological polar surface area (TPSA) is 88.8 Å². The highest BCUT2D eigenvalue weighted by atomic mass is 15.2. The van der Waals surface area contributed by atoms with Gasteiger partial charge in [-0.25, -0.2) is 0 Å². The minimum absolute atomic E-state index is 0.0469. The quantitative estimate of drug-likeness (QED) is 0.347. The summed E-state index contributed by atoms with van der Waals surface area (Å²) >= 11 is 0. The fourth-order valence-corrected chi connectivity index (χ4v) is 1.31. The van der Waals surface area contributed by atoms with Gasteiger partial charge in [0.25, 0.3) is 0 Å². The maximum atomic E-state index is 5.30. The molecule has 0 rings (SSSR count). The van der Waals surface area contributed by atoms with Gasteiger partial charge < -0.3 is 16.8 Å². The number of hydrogen-bond acceptors (Lipinski definition) is 1. The Morgan fingerprint density at radius 2 is 1.75 bits per heavy atom. The number of nitrogens with one attached hydrogen (secondary N) is 1. The third kappa shape index (κ3) is 9.30. The van der Waals surface area contributed by atoms with Gasteiger partial charge in [0, 0.05) is 13.1 Å². The van der Waals surface area contributed by atoms with E-state index in [1.54, 1.807) is 0 Å². The van der Waals surface area contributed by atoms with Crippen molar-refractivity contribution < 1.29 is 0 Å². The second kappa shape index (κ2) is 10.3. The van der Waals surface area contributed by atoms with Crippen LogP contribution in [0.25, 0.3) is 0 Å². The van der Waals surface area contributed by atoms with Gasteiger partial charge in [0.1, 0.15) is 0 Å². The third-order valence-corrected chi connectivity index (χ3v) is 2.09. The molecule has 0 amide bonds. The average Bonchev–Trinajstić information content (AvgIpc) is 2.22. The summed E-state index contributed by atoms with van der Waals surface area (Å²) in [5, 5.41) is 3.02. The molecule has 0 atom stereocenters. The molecular formula is C11H25N5. The van der Waals surface area contributed by atoms with E-state index in [2.05, 4.69) is 22.2 Å². The van der Waals surface area contributed by atoms with Gasteiger partial charge in [0.15, 0.2) is 5.96 Å². The number of rotatable bonds is 7. The Hall–Kier alpha value is -1.26. The van der Waals surface area contributed by atoms with E-state index in [0.717, 1.165) is 19.5 Å². The van der Waals surface area contributed by atoms with Crippen molar-refractivity contribution >= 4 is 11.9 Å². The minimum atomic E-state index is 0.0469. The van der Waals surface area contributed by atoms with Crippen molar-refractivity contribution in [1.29, 1.82) is 0 Å². The Kier molecular flexibility index (Phi) is 9.46. The maximum absolute atomic E-state index is 5.30. The van der Waals surface area contributed by atoms with Crippen molar-refractivity contribution in [2.45, 2.75) is 46.0 Å². The van der Waals surface area contributed by atoms with Gasteiger partial charge in [-0.2, -0.15) is 4.99 Å². The Morgan fingerprint density at radius 3 is 2.31 bits per heavy atom. The predicted octanol–water partition coefficient (Wildman–Crippen LogP) is 1.20. The summed E-state index contributed by atoms with van der Waals surface area (Å²) in [6.07, 6.45) is 6.16. The molecule has 0 unspecified atom stereocenters. The number of unbranched alkanes of at least 4 members (excludes halogenated alkanes) is 4. The van der Waals surface area contributed by atoms with Crippen molar-refractivity contribution in [3.63, 3.8) is 0 Å². The summed E-state index contributed by atoms with van der Waals surface area (Å²) < 4.78 is 0. The van der Waals surface area contributed by atoms with Crippen LogP contribution in [0.15, 0.2) is 9.98 Å². The van der Waals surface area contributed by atoms with E-state index in [9.17, 15) is 0 Å². The Morgan fingerprint density at radius 1 is 1.06 bits per heavy atom. The molecular weight excluding hydrogens is 202 g/mol. The molecule has 94 valence electrons. The zero-order chi connectivity index (χ0) is 12.2. The zero-order valence-electron chi connectivity index (χ0n) is 10.5. The smallest absolute Gasteiger partial charge is 0.221 e. The van der Waals surface area contributed by atoms with Crippen LogP contribution in [0.1, 0.15) is 46.0 Å². The highest BCUT2D eigenvalue weighted by molar-refractivity contribution is 5.93. The molecule has 0 fully saturated rings. The van der Waals surface area contributed by atoms with Crippen LogP contribution in [0.4, 0.5) is 0 Å². The molecule has 5 nitrogen and oxygen atoms in total. The van der Waals surface area contributed by atoms with Gasteiger partial charge in [-0.05, 0) is 13.3 Å². The lowest BCUT2D eigenvalue weighted by Crippen LogP contribution is -2.29. The number of aliphatic imine (C=N–C) groups is 2. The van der Waals surface area contributed by atoms with Gasteiger partial charge in [0.05, 0.1) is 0 Å².